The van der Waals surface area contributed by atoms with E-state index in [2.05, 4.69) is 40.0 Å². The van der Waals surface area contributed by atoms with Crippen LogP contribution in [-0.2, 0) is 7.05 Å². The van der Waals surface area contributed by atoms with Crippen molar-refractivity contribution in [1.29, 1.82) is 0 Å². The Morgan fingerprint density at radius 1 is 1.46 bits per heavy atom. The molecule has 2 aromatic rings. The first-order chi connectivity index (χ1) is 12.6. The summed E-state index contributed by atoms with van der Waals surface area (Å²) in [5.74, 6) is 9.67. The Bertz CT molecular complexity index is 910. The van der Waals surface area contributed by atoms with Gasteiger partial charge in [-0.25, -0.2) is 4.98 Å². The number of nitrogens with one attached hydrogen (secondary N) is 2. The number of carbonyl (C=O) groups excluding carboxylic acids is 1. The van der Waals surface area contributed by atoms with E-state index in [1.165, 1.54) is 0 Å². The summed E-state index contributed by atoms with van der Waals surface area (Å²) in [4.78, 5) is 16.8. The molecule has 2 rings (SSSR count). The minimum Gasteiger partial charge on any atom is -0.497 e. The molecule has 0 aliphatic heterocycles. The number of hydrogen-bond acceptors (Lipinski definition) is 4. The van der Waals surface area contributed by atoms with Gasteiger partial charge in [-0.3, -0.25) is 4.79 Å². The first kappa shape index (κ1) is 18.7. The molecule has 0 fully saturated rings. The van der Waals surface area contributed by atoms with Crippen LogP contribution in [0.25, 0.3) is 0 Å². The summed E-state index contributed by atoms with van der Waals surface area (Å²) in [5, 5.41) is 5.69. The SMILES string of the molecule is C#CCNC(=O)c1c(NCC=C)nc(C#Cc2cccc(OC)c2)n1C. The van der Waals surface area contributed by atoms with Gasteiger partial charge >= 0.3 is 0 Å². The molecule has 1 heterocycles. The van der Waals surface area contributed by atoms with E-state index < -0.39 is 0 Å². The van der Waals surface area contributed by atoms with E-state index in [1.54, 1.807) is 24.8 Å². The zero-order valence-corrected chi connectivity index (χ0v) is 14.8. The molecule has 2 N–H and O–H groups in total. The number of nitrogens with zero attached hydrogens (tertiary/aromatic N) is 2. The van der Waals surface area contributed by atoms with E-state index in [1.807, 2.05) is 24.3 Å². The molecule has 1 aromatic carbocycles. The Hall–Kier alpha value is -3.64. The van der Waals surface area contributed by atoms with E-state index in [0.717, 1.165) is 11.3 Å². The highest BCUT2D eigenvalue weighted by atomic mass is 16.5. The minimum absolute atomic E-state index is 0.135. The van der Waals surface area contributed by atoms with Crippen LogP contribution in [0.2, 0.25) is 0 Å². The summed E-state index contributed by atoms with van der Waals surface area (Å²) in [5.41, 5.74) is 1.14. The number of imidazole rings is 1. The number of rotatable bonds is 6. The number of carbonyl (C=O) groups is 1. The Morgan fingerprint density at radius 3 is 2.96 bits per heavy atom. The number of methoxy groups -OCH3 is 1. The second-order valence-electron chi connectivity index (χ2n) is 5.23. The van der Waals surface area contributed by atoms with E-state index >= 15 is 0 Å². The average Bonchev–Trinajstić information content (AvgIpc) is 2.98. The average molecular weight is 348 g/mol. The second kappa shape index (κ2) is 9.00. The third-order valence-corrected chi connectivity index (χ3v) is 3.46. The van der Waals surface area contributed by atoms with E-state index in [4.69, 9.17) is 11.2 Å². The van der Waals surface area contributed by atoms with Crippen LogP contribution in [0, 0.1) is 24.2 Å². The molecule has 0 saturated heterocycles. The van der Waals surface area contributed by atoms with Crippen LogP contribution in [0.15, 0.2) is 36.9 Å². The van der Waals surface area contributed by atoms with Gasteiger partial charge in [-0.1, -0.05) is 24.0 Å². The summed E-state index contributed by atoms with van der Waals surface area (Å²) >= 11 is 0. The zero-order valence-electron chi connectivity index (χ0n) is 14.8. The van der Waals surface area contributed by atoms with Crippen LogP contribution in [0.1, 0.15) is 21.9 Å². The minimum atomic E-state index is -0.320. The van der Waals surface area contributed by atoms with Crippen molar-refractivity contribution in [2.24, 2.45) is 7.05 Å². The number of ether oxygens (including phenoxy) is 1. The molecule has 0 atom stereocenters. The lowest BCUT2D eigenvalue weighted by atomic mass is 10.2. The molecule has 6 nitrogen and oxygen atoms in total. The molecule has 0 bridgehead atoms. The van der Waals surface area contributed by atoms with Crippen molar-refractivity contribution >= 4 is 11.7 Å². The molecule has 6 heteroatoms. The molecule has 0 radical (unpaired) electrons. The molecule has 0 aliphatic rings. The van der Waals surface area contributed by atoms with Crippen molar-refractivity contribution in [2.75, 3.05) is 25.5 Å². The maximum atomic E-state index is 12.4. The fourth-order valence-electron chi connectivity index (χ4n) is 2.21. The van der Waals surface area contributed by atoms with Crippen molar-refractivity contribution in [3.8, 4) is 29.9 Å². The molecule has 0 saturated carbocycles. The summed E-state index contributed by atoms with van der Waals surface area (Å²) in [7, 11) is 3.33. The molecule has 0 spiro atoms. The second-order valence-corrected chi connectivity index (χ2v) is 5.23. The van der Waals surface area contributed by atoms with Gasteiger partial charge in [0.15, 0.2) is 17.3 Å². The maximum Gasteiger partial charge on any atom is 0.272 e. The quantitative estimate of drug-likeness (QED) is 0.617. The van der Waals surface area contributed by atoms with Gasteiger partial charge in [0.2, 0.25) is 0 Å². The van der Waals surface area contributed by atoms with Gasteiger partial charge in [-0.2, -0.15) is 0 Å². The molecule has 0 aliphatic carbocycles. The first-order valence-electron chi connectivity index (χ1n) is 7.90. The van der Waals surface area contributed by atoms with Gasteiger partial charge in [0.1, 0.15) is 5.75 Å². The van der Waals surface area contributed by atoms with Gasteiger partial charge in [0, 0.05) is 19.2 Å². The highest BCUT2D eigenvalue weighted by molar-refractivity contribution is 5.97. The number of aromatic nitrogens is 2. The molecule has 1 amide bonds. The maximum absolute atomic E-state index is 12.4. The smallest absolute Gasteiger partial charge is 0.272 e. The van der Waals surface area contributed by atoms with E-state index in [0.29, 0.717) is 23.9 Å². The van der Waals surface area contributed by atoms with Gasteiger partial charge in [-0.15, -0.1) is 13.0 Å². The summed E-state index contributed by atoms with van der Waals surface area (Å²) in [6.45, 7) is 4.26. The van der Waals surface area contributed by atoms with Crippen molar-refractivity contribution < 1.29 is 9.53 Å². The lowest BCUT2D eigenvalue weighted by Crippen LogP contribution is -2.26. The lowest BCUT2D eigenvalue weighted by Gasteiger charge is -2.06. The molecular weight excluding hydrogens is 328 g/mol. The van der Waals surface area contributed by atoms with Crippen molar-refractivity contribution in [3.63, 3.8) is 0 Å². The Labute approximate surface area is 153 Å². The molecule has 26 heavy (non-hydrogen) atoms. The van der Waals surface area contributed by atoms with Crippen molar-refractivity contribution in [3.05, 3.63) is 54.0 Å². The van der Waals surface area contributed by atoms with Crippen LogP contribution < -0.4 is 15.4 Å². The number of terminal acetylenes is 1. The number of benzene rings is 1. The fraction of sp³-hybridized carbons (Fsp3) is 0.200. The van der Waals surface area contributed by atoms with Crippen LogP contribution >= 0.6 is 0 Å². The zero-order chi connectivity index (χ0) is 18.9. The Morgan fingerprint density at radius 2 is 2.27 bits per heavy atom. The standard InChI is InChI=1S/C20H20N4O2/c1-5-12-21-19-18(20(25)22-13-6-2)24(3)17(23-19)11-10-15-8-7-9-16(14-15)26-4/h2,5,7-9,14,21H,1,12-13H2,3-4H3,(H,22,25). The van der Waals surface area contributed by atoms with Gasteiger partial charge in [0.25, 0.3) is 5.91 Å². The molecular formula is C20H20N4O2. The molecule has 1 aromatic heterocycles. The third kappa shape index (κ3) is 4.46. The normalized spacial score (nSPS) is 9.42. The van der Waals surface area contributed by atoms with Gasteiger partial charge in [-0.05, 0) is 24.1 Å². The Kier molecular flexibility index (Phi) is 6.47. The predicted molar refractivity (Wildman–Crippen MR) is 102 cm³/mol. The largest absolute Gasteiger partial charge is 0.497 e. The molecule has 0 unspecified atom stereocenters. The monoisotopic (exact) mass is 348 g/mol. The topological polar surface area (TPSA) is 68.2 Å². The number of hydrogen-bond donors (Lipinski definition) is 2. The van der Waals surface area contributed by atoms with Crippen LogP contribution in [-0.4, -0.2) is 35.7 Å². The highest BCUT2D eigenvalue weighted by Crippen LogP contribution is 2.16. The third-order valence-electron chi connectivity index (χ3n) is 3.46. The van der Waals surface area contributed by atoms with Crippen molar-refractivity contribution in [2.45, 2.75) is 0 Å². The van der Waals surface area contributed by atoms with Gasteiger partial charge in [0.05, 0.1) is 13.7 Å². The Balaban J connectivity index is 2.38. The van der Waals surface area contributed by atoms with Crippen LogP contribution in [0.5, 0.6) is 5.75 Å². The highest BCUT2D eigenvalue weighted by Gasteiger charge is 2.19. The van der Waals surface area contributed by atoms with Gasteiger partial charge < -0.3 is 19.9 Å². The summed E-state index contributed by atoms with van der Waals surface area (Å²) < 4.78 is 6.82. The fourth-order valence-corrected chi connectivity index (χ4v) is 2.21. The number of anilines is 1. The van der Waals surface area contributed by atoms with Crippen molar-refractivity contribution in [1.82, 2.24) is 14.9 Å². The first-order valence-corrected chi connectivity index (χ1v) is 7.90. The van der Waals surface area contributed by atoms with E-state index in [-0.39, 0.29) is 12.5 Å². The lowest BCUT2D eigenvalue weighted by molar-refractivity contribution is 0.0951. The predicted octanol–water partition coefficient (Wildman–Crippen LogP) is 1.79. The summed E-state index contributed by atoms with van der Waals surface area (Å²) in [6.07, 6.45) is 6.88. The molecule has 132 valence electrons. The van der Waals surface area contributed by atoms with Crippen LogP contribution in [0.3, 0.4) is 0 Å². The van der Waals surface area contributed by atoms with E-state index in [9.17, 15) is 4.79 Å². The van der Waals surface area contributed by atoms with Crippen LogP contribution in [0.4, 0.5) is 5.82 Å². The summed E-state index contributed by atoms with van der Waals surface area (Å²) in [6, 6.07) is 7.40. The number of amides is 1.